The molecule has 0 saturated carbocycles. The van der Waals surface area contributed by atoms with Crippen molar-refractivity contribution in [1.29, 1.82) is 0 Å². The van der Waals surface area contributed by atoms with E-state index in [0.29, 0.717) is 12.0 Å². The molecule has 16 heavy (non-hydrogen) atoms. The SMILES string of the molecule is Cc1nccn1CC(C)CNC1CCOC1. The molecular weight excluding hydrogens is 202 g/mol. The lowest BCUT2D eigenvalue weighted by atomic mass is 10.1. The maximum absolute atomic E-state index is 5.34. The molecule has 0 aliphatic carbocycles. The molecule has 0 radical (unpaired) electrons. The highest BCUT2D eigenvalue weighted by Crippen LogP contribution is 2.06. The summed E-state index contributed by atoms with van der Waals surface area (Å²) in [6.07, 6.45) is 5.06. The fourth-order valence-electron chi connectivity index (χ4n) is 2.06. The monoisotopic (exact) mass is 223 g/mol. The van der Waals surface area contributed by atoms with Crippen LogP contribution in [0.1, 0.15) is 19.2 Å². The summed E-state index contributed by atoms with van der Waals surface area (Å²) in [5, 5.41) is 3.55. The predicted molar refractivity (Wildman–Crippen MR) is 63.4 cm³/mol. The molecule has 0 aromatic carbocycles. The molecule has 0 bridgehead atoms. The van der Waals surface area contributed by atoms with Crippen LogP contribution in [0.15, 0.2) is 12.4 Å². The standard InChI is InChI=1S/C12H21N3O/c1-10(7-14-12-3-6-16-9-12)8-15-5-4-13-11(15)2/h4-5,10,12,14H,3,6-9H2,1-2H3. The van der Waals surface area contributed by atoms with Crippen LogP contribution in [0.3, 0.4) is 0 Å². The molecule has 2 unspecified atom stereocenters. The van der Waals surface area contributed by atoms with Crippen molar-refractivity contribution in [3.63, 3.8) is 0 Å². The molecule has 1 aromatic rings. The first-order chi connectivity index (χ1) is 7.75. The van der Waals surface area contributed by atoms with Crippen LogP contribution in [0, 0.1) is 12.8 Å². The minimum absolute atomic E-state index is 0.561. The molecule has 2 heterocycles. The van der Waals surface area contributed by atoms with Crippen molar-refractivity contribution in [3.8, 4) is 0 Å². The number of aromatic nitrogens is 2. The Balaban J connectivity index is 1.71. The summed E-state index contributed by atoms with van der Waals surface area (Å²) < 4.78 is 7.54. The molecule has 0 spiro atoms. The average Bonchev–Trinajstić information content (AvgIpc) is 2.88. The first-order valence-electron chi connectivity index (χ1n) is 6.04. The largest absolute Gasteiger partial charge is 0.380 e. The van der Waals surface area contributed by atoms with Crippen LogP contribution in [0.25, 0.3) is 0 Å². The average molecular weight is 223 g/mol. The van der Waals surface area contributed by atoms with Gasteiger partial charge in [0, 0.05) is 31.6 Å². The van der Waals surface area contributed by atoms with E-state index in [2.05, 4.69) is 21.8 Å². The van der Waals surface area contributed by atoms with Gasteiger partial charge in [0.15, 0.2) is 0 Å². The van der Waals surface area contributed by atoms with Gasteiger partial charge in [-0.25, -0.2) is 4.98 Å². The van der Waals surface area contributed by atoms with Crippen molar-refractivity contribution in [2.24, 2.45) is 5.92 Å². The second-order valence-electron chi connectivity index (χ2n) is 4.70. The second kappa shape index (κ2) is 5.46. The highest BCUT2D eigenvalue weighted by Gasteiger charge is 2.15. The topological polar surface area (TPSA) is 39.1 Å². The van der Waals surface area contributed by atoms with Gasteiger partial charge in [0.25, 0.3) is 0 Å². The lowest BCUT2D eigenvalue weighted by molar-refractivity contribution is 0.189. The fraction of sp³-hybridized carbons (Fsp3) is 0.750. The maximum atomic E-state index is 5.34. The van der Waals surface area contributed by atoms with Gasteiger partial charge >= 0.3 is 0 Å². The van der Waals surface area contributed by atoms with E-state index in [-0.39, 0.29) is 0 Å². The minimum atomic E-state index is 0.561. The molecule has 4 nitrogen and oxygen atoms in total. The number of ether oxygens (including phenoxy) is 1. The third kappa shape index (κ3) is 3.06. The highest BCUT2D eigenvalue weighted by molar-refractivity contribution is 4.88. The van der Waals surface area contributed by atoms with E-state index in [9.17, 15) is 0 Å². The molecule has 4 heteroatoms. The number of hydrogen-bond donors (Lipinski definition) is 1. The molecular formula is C12H21N3O. The summed E-state index contributed by atoms with van der Waals surface area (Å²) in [4.78, 5) is 4.23. The van der Waals surface area contributed by atoms with E-state index >= 15 is 0 Å². The Hall–Kier alpha value is -0.870. The third-order valence-electron chi connectivity index (χ3n) is 3.12. The molecule has 1 aliphatic heterocycles. The fourth-order valence-corrected chi connectivity index (χ4v) is 2.06. The Morgan fingerprint density at radius 3 is 3.19 bits per heavy atom. The van der Waals surface area contributed by atoms with Crippen LogP contribution in [0.4, 0.5) is 0 Å². The van der Waals surface area contributed by atoms with Crippen LogP contribution in [-0.2, 0) is 11.3 Å². The molecule has 90 valence electrons. The van der Waals surface area contributed by atoms with E-state index in [0.717, 1.165) is 38.5 Å². The van der Waals surface area contributed by atoms with E-state index in [1.807, 2.05) is 19.3 Å². The van der Waals surface area contributed by atoms with Crippen LogP contribution in [0.2, 0.25) is 0 Å². The molecule has 2 atom stereocenters. The Bertz CT molecular complexity index is 318. The Morgan fingerprint density at radius 2 is 2.56 bits per heavy atom. The maximum Gasteiger partial charge on any atom is 0.105 e. The minimum Gasteiger partial charge on any atom is -0.380 e. The van der Waals surface area contributed by atoms with Crippen molar-refractivity contribution in [2.75, 3.05) is 19.8 Å². The van der Waals surface area contributed by atoms with Gasteiger partial charge < -0.3 is 14.6 Å². The molecule has 1 saturated heterocycles. The summed E-state index contributed by atoms with van der Waals surface area (Å²) in [6.45, 7) is 8.18. The number of rotatable bonds is 5. The summed E-state index contributed by atoms with van der Waals surface area (Å²) >= 11 is 0. The van der Waals surface area contributed by atoms with Crippen molar-refractivity contribution in [2.45, 2.75) is 32.9 Å². The van der Waals surface area contributed by atoms with Gasteiger partial charge in [-0.3, -0.25) is 0 Å². The molecule has 1 aromatic heterocycles. The first-order valence-corrected chi connectivity index (χ1v) is 6.04. The Labute approximate surface area is 97.0 Å². The molecule has 1 fully saturated rings. The van der Waals surface area contributed by atoms with Crippen molar-refractivity contribution in [3.05, 3.63) is 18.2 Å². The third-order valence-corrected chi connectivity index (χ3v) is 3.12. The number of nitrogens with one attached hydrogen (secondary N) is 1. The van der Waals surface area contributed by atoms with Crippen molar-refractivity contribution < 1.29 is 4.74 Å². The number of hydrogen-bond acceptors (Lipinski definition) is 3. The number of aryl methyl sites for hydroxylation is 1. The van der Waals surface area contributed by atoms with E-state index in [4.69, 9.17) is 4.74 Å². The molecule has 1 aliphatic rings. The molecule has 2 rings (SSSR count). The Morgan fingerprint density at radius 1 is 1.69 bits per heavy atom. The van der Waals surface area contributed by atoms with Gasteiger partial charge in [-0.15, -0.1) is 0 Å². The second-order valence-corrected chi connectivity index (χ2v) is 4.70. The van der Waals surface area contributed by atoms with Gasteiger partial charge in [-0.2, -0.15) is 0 Å². The summed E-state index contributed by atoms with van der Waals surface area (Å²) in [5.41, 5.74) is 0. The van der Waals surface area contributed by atoms with Crippen molar-refractivity contribution in [1.82, 2.24) is 14.9 Å². The zero-order chi connectivity index (χ0) is 11.4. The first kappa shape index (κ1) is 11.6. The summed E-state index contributed by atoms with van der Waals surface area (Å²) in [5.74, 6) is 1.71. The van der Waals surface area contributed by atoms with E-state index in [1.165, 1.54) is 0 Å². The van der Waals surface area contributed by atoms with Gasteiger partial charge in [-0.05, 0) is 25.8 Å². The summed E-state index contributed by atoms with van der Waals surface area (Å²) in [6, 6.07) is 0.561. The molecule has 1 N–H and O–H groups in total. The summed E-state index contributed by atoms with van der Waals surface area (Å²) in [7, 11) is 0. The predicted octanol–water partition coefficient (Wildman–Crippen LogP) is 1.21. The number of nitrogens with zero attached hydrogens (tertiary/aromatic N) is 2. The van der Waals surface area contributed by atoms with Crippen LogP contribution in [0.5, 0.6) is 0 Å². The van der Waals surface area contributed by atoms with Gasteiger partial charge in [0.05, 0.1) is 6.61 Å². The van der Waals surface area contributed by atoms with Crippen LogP contribution >= 0.6 is 0 Å². The van der Waals surface area contributed by atoms with Crippen LogP contribution < -0.4 is 5.32 Å². The number of imidazole rings is 1. The van der Waals surface area contributed by atoms with E-state index in [1.54, 1.807) is 0 Å². The Kier molecular flexibility index (Phi) is 3.96. The van der Waals surface area contributed by atoms with Crippen molar-refractivity contribution >= 4 is 0 Å². The van der Waals surface area contributed by atoms with Gasteiger partial charge in [-0.1, -0.05) is 6.92 Å². The highest BCUT2D eigenvalue weighted by atomic mass is 16.5. The normalized spacial score (nSPS) is 22.5. The zero-order valence-corrected chi connectivity index (χ0v) is 10.1. The van der Waals surface area contributed by atoms with Gasteiger partial charge in [0.1, 0.15) is 5.82 Å². The zero-order valence-electron chi connectivity index (χ0n) is 10.1. The smallest absolute Gasteiger partial charge is 0.105 e. The lowest BCUT2D eigenvalue weighted by Crippen LogP contribution is -2.34. The van der Waals surface area contributed by atoms with E-state index < -0.39 is 0 Å². The lowest BCUT2D eigenvalue weighted by Gasteiger charge is -2.17. The van der Waals surface area contributed by atoms with Crippen LogP contribution in [-0.4, -0.2) is 35.4 Å². The quantitative estimate of drug-likeness (QED) is 0.815. The molecule has 0 amide bonds. The van der Waals surface area contributed by atoms with Gasteiger partial charge in [0.2, 0.25) is 0 Å².